The Morgan fingerprint density at radius 3 is 2.83 bits per heavy atom. The van der Waals surface area contributed by atoms with Crippen molar-refractivity contribution in [2.24, 2.45) is 0 Å². The highest BCUT2D eigenvalue weighted by Gasteiger charge is 2.19. The van der Waals surface area contributed by atoms with Gasteiger partial charge in [0.05, 0.1) is 5.69 Å². The highest BCUT2D eigenvalue weighted by atomic mass is 15.2. The van der Waals surface area contributed by atoms with E-state index in [2.05, 4.69) is 46.9 Å². The van der Waals surface area contributed by atoms with E-state index in [-0.39, 0.29) is 0 Å². The van der Waals surface area contributed by atoms with Crippen LogP contribution >= 0.6 is 0 Å². The van der Waals surface area contributed by atoms with Crippen LogP contribution in [-0.4, -0.2) is 40.6 Å². The van der Waals surface area contributed by atoms with Gasteiger partial charge in [-0.3, -0.25) is 0 Å². The Kier molecular flexibility index (Phi) is 4.64. The van der Waals surface area contributed by atoms with Crippen molar-refractivity contribution >= 4 is 5.95 Å². The largest absolute Gasteiger partial charge is 0.356 e. The summed E-state index contributed by atoms with van der Waals surface area (Å²) in [6.07, 6.45) is 7.70. The van der Waals surface area contributed by atoms with Crippen molar-refractivity contribution in [3.63, 3.8) is 0 Å². The van der Waals surface area contributed by atoms with E-state index in [0.717, 1.165) is 37.3 Å². The Bertz CT molecular complexity index is 366. The van der Waals surface area contributed by atoms with Crippen LogP contribution in [0.15, 0.2) is 6.20 Å². The molecule has 1 aliphatic carbocycles. The quantitative estimate of drug-likeness (QED) is 0.842. The maximum absolute atomic E-state index is 4.51. The maximum atomic E-state index is 4.51. The van der Waals surface area contributed by atoms with Gasteiger partial charge >= 0.3 is 0 Å². The van der Waals surface area contributed by atoms with Gasteiger partial charge in [0.15, 0.2) is 0 Å². The summed E-state index contributed by atoms with van der Waals surface area (Å²) in [5, 5.41) is 3.32. The van der Waals surface area contributed by atoms with Crippen LogP contribution in [0.4, 0.5) is 5.95 Å². The molecule has 0 spiro atoms. The summed E-state index contributed by atoms with van der Waals surface area (Å²) in [5.74, 6) is 1.01. The van der Waals surface area contributed by atoms with Crippen molar-refractivity contribution in [3.05, 3.63) is 11.9 Å². The molecular weight excluding hydrogens is 224 g/mol. The molecule has 0 atom stereocenters. The lowest BCUT2D eigenvalue weighted by molar-refractivity contribution is 0.237. The van der Waals surface area contributed by atoms with Crippen LogP contribution < -0.4 is 5.32 Å². The third-order valence-corrected chi connectivity index (χ3v) is 3.87. The highest BCUT2D eigenvalue weighted by Crippen LogP contribution is 2.22. The van der Waals surface area contributed by atoms with Crippen LogP contribution in [0.25, 0.3) is 0 Å². The molecule has 0 bridgehead atoms. The summed E-state index contributed by atoms with van der Waals surface area (Å²) in [7, 11) is 2.26. The molecule has 18 heavy (non-hydrogen) atoms. The third-order valence-electron chi connectivity index (χ3n) is 3.87. The Labute approximate surface area is 110 Å². The topological polar surface area (TPSA) is 33.1 Å². The first-order valence-electron chi connectivity index (χ1n) is 7.18. The van der Waals surface area contributed by atoms with E-state index in [1.165, 1.54) is 25.7 Å². The molecule has 1 aromatic heterocycles. The number of anilines is 1. The summed E-state index contributed by atoms with van der Waals surface area (Å²) < 4.78 is 2.24. The number of hydrogen-bond donors (Lipinski definition) is 1. The standard InChI is InChI=1S/C14H26N4/c1-4-15-14-16-12(2)11-18(14)10-9-17(3)13-7-5-6-8-13/h11,13H,4-10H2,1-3H3,(H,15,16). The molecule has 1 aliphatic rings. The number of hydrogen-bond acceptors (Lipinski definition) is 3. The number of nitrogens with one attached hydrogen (secondary N) is 1. The average molecular weight is 250 g/mol. The molecule has 2 rings (SSSR count). The predicted octanol–water partition coefficient (Wildman–Crippen LogP) is 2.50. The van der Waals surface area contributed by atoms with E-state index < -0.39 is 0 Å². The van der Waals surface area contributed by atoms with Gasteiger partial charge in [0.25, 0.3) is 0 Å². The second-order valence-electron chi connectivity index (χ2n) is 5.35. The predicted molar refractivity (Wildman–Crippen MR) is 76.0 cm³/mol. The van der Waals surface area contributed by atoms with Crippen LogP contribution in [0.5, 0.6) is 0 Å². The molecule has 4 heteroatoms. The summed E-state index contributed by atoms with van der Waals surface area (Å²) >= 11 is 0. The fourth-order valence-electron chi connectivity index (χ4n) is 2.81. The second kappa shape index (κ2) is 6.23. The lowest BCUT2D eigenvalue weighted by atomic mass is 10.2. The molecule has 0 amide bonds. The average Bonchev–Trinajstić information content (AvgIpc) is 2.96. The van der Waals surface area contributed by atoms with Crippen LogP contribution in [0.1, 0.15) is 38.3 Å². The smallest absolute Gasteiger partial charge is 0.203 e. The van der Waals surface area contributed by atoms with Crippen molar-refractivity contribution in [2.75, 3.05) is 25.5 Å². The summed E-state index contributed by atoms with van der Waals surface area (Å²) in [6, 6.07) is 0.803. The normalized spacial score (nSPS) is 16.7. The number of nitrogens with zero attached hydrogens (tertiary/aromatic N) is 3. The van der Waals surface area contributed by atoms with Crippen molar-refractivity contribution < 1.29 is 0 Å². The van der Waals surface area contributed by atoms with Gasteiger partial charge < -0.3 is 14.8 Å². The molecule has 4 nitrogen and oxygen atoms in total. The van der Waals surface area contributed by atoms with Crippen LogP contribution in [0.2, 0.25) is 0 Å². The van der Waals surface area contributed by atoms with E-state index in [9.17, 15) is 0 Å². The van der Waals surface area contributed by atoms with E-state index in [1.54, 1.807) is 0 Å². The number of rotatable bonds is 6. The third kappa shape index (κ3) is 3.25. The van der Waals surface area contributed by atoms with E-state index in [1.807, 2.05) is 0 Å². The minimum absolute atomic E-state index is 0.803. The SMILES string of the molecule is CCNc1nc(C)cn1CCN(C)C1CCCC1. The summed E-state index contributed by atoms with van der Waals surface area (Å²) in [4.78, 5) is 7.02. The maximum Gasteiger partial charge on any atom is 0.203 e. The Morgan fingerprint density at radius 2 is 2.17 bits per heavy atom. The summed E-state index contributed by atoms with van der Waals surface area (Å²) in [6.45, 7) is 7.22. The minimum atomic E-state index is 0.803. The molecule has 0 saturated heterocycles. The van der Waals surface area contributed by atoms with Gasteiger partial charge in [0, 0.05) is 31.9 Å². The van der Waals surface area contributed by atoms with E-state index in [0.29, 0.717) is 0 Å². The van der Waals surface area contributed by atoms with Crippen LogP contribution in [-0.2, 0) is 6.54 Å². The zero-order chi connectivity index (χ0) is 13.0. The fourth-order valence-corrected chi connectivity index (χ4v) is 2.81. The molecular formula is C14H26N4. The Balaban J connectivity index is 1.88. The van der Waals surface area contributed by atoms with Crippen molar-refractivity contribution in [3.8, 4) is 0 Å². The summed E-state index contributed by atoms with van der Waals surface area (Å²) in [5.41, 5.74) is 1.09. The van der Waals surface area contributed by atoms with Crippen molar-refractivity contribution in [1.82, 2.24) is 14.5 Å². The minimum Gasteiger partial charge on any atom is -0.356 e. The highest BCUT2D eigenvalue weighted by molar-refractivity contribution is 5.28. The monoisotopic (exact) mass is 250 g/mol. The van der Waals surface area contributed by atoms with Crippen molar-refractivity contribution in [2.45, 2.75) is 52.1 Å². The lowest BCUT2D eigenvalue weighted by Crippen LogP contribution is -2.32. The molecule has 0 aromatic carbocycles. The van der Waals surface area contributed by atoms with Gasteiger partial charge in [0.1, 0.15) is 0 Å². The lowest BCUT2D eigenvalue weighted by Gasteiger charge is -2.24. The van der Waals surface area contributed by atoms with Gasteiger partial charge in [0.2, 0.25) is 5.95 Å². The molecule has 1 saturated carbocycles. The number of likely N-dealkylation sites (N-methyl/N-ethyl adjacent to an activating group) is 1. The number of imidazole rings is 1. The van der Waals surface area contributed by atoms with Crippen LogP contribution in [0, 0.1) is 6.92 Å². The molecule has 1 aromatic rings. The molecule has 1 N–H and O–H groups in total. The van der Waals surface area contributed by atoms with E-state index >= 15 is 0 Å². The first-order chi connectivity index (χ1) is 8.70. The van der Waals surface area contributed by atoms with E-state index in [4.69, 9.17) is 0 Å². The van der Waals surface area contributed by atoms with Crippen molar-refractivity contribution in [1.29, 1.82) is 0 Å². The molecule has 1 heterocycles. The van der Waals surface area contributed by atoms with Gasteiger partial charge in [-0.1, -0.05) is 12.8 Å². The molecule has 0 unspecified atom stereocenters. The molecule has 0 radical (unpaired) electrons. The second-order valence-corrected chi connectivity index (χ2v) is 5.35. The molecule has 1 fully saturated rings. The Hall–Kier alpha value is -1.03. The number of aryl methyl sites for hydroxylation is 1. The number of aromatic nitrogens is 2. The van der Waals surface area contributed by atoms with Gasteiger partial charge in [-0.05, 0) is 33.7 Å². The zero-order valence-corrected chi connectivity index (χ0v) is 11.9. The van der Waals surface area contributed by atoms with Gasteiger partial charge in [-0.15, -0.1) is 0 Å². The first-order valence-corrected chi connectivity index (χ1v) is 7.18. The molecule has 0 aliphatic heterocycles. The Morgan fingerprint density at radius 1 is 1.44 bits per heavy atom. The first kappa shape index (κ1) is 13.4. The zero-order valence-electron chi connectivity index (χ0n) is 11.9. The van der Waals surface area contributed by atoms with Gasteiger partial charge in [-0.2, -0.15) is 0 Å². The fraction of sp³-hybridized carbons (Fsp3) is 0.786. The van der Waals surface area contributed by atoms with Gasteiger partial charge in [-0.25, -0.2) is 4.98 Å². The molecule has 102 valence electrons. The van der Waals surface area contributed by atoms with Crippen LogP contribution in [0.3, 0.4) is 0 Å².